The molecule has 0 unspecified atom stereocenters. The lowest BCUT2D eigenvalue weighted by molar-refractivity contribution is -0.123. The molecule has 0 saturated heterocycles. The summed E-state index contributed by atoms with van der Waals surface area (Å²) in [6.45, 7) is 3.88. The molecule has 0 radical (unpaired) electrons. The van der Waals surface area contributed by atoms with Gasteiger partial charge >= 0.3 is 0 Å². The Labute approximate surface area is 170 Å². The van der Waals surface area contributed by atoms with Gasteiger partial charge in [-0.3, -0.25) is 4.79 Å². The zero-order valence-electron chi connectivity index (χ0n) is 16.0. The van der Waals surface area contributed by atoms with Crippen molar-refractivity contribution < 1.29 is 14.3 Å². The van der Waals surface area contributed by atoms with Crippen molar-refractivity contribution in [1.82, 2.24) is 5.43 Å². The molecule has 0 saturated carbocycles. The summed E-state index contributed by atoms with van der Waals surface area (Å²) in [7, 11) is 0. The maximum atomic E-state index is 12.1. The van der Waals surface area contributed by atoms with Gasteiger partial charge < -0.3 is 9.47 Å². The Morgan fingerprint density at radius 2 is 1.59 bits per heavy atom. The van der Waals surface area contributed by atoms with Crippen LogP contribution in [0.25, 0.3) is 11.1 Å². The molecule has 3 aromatic rings. The Kier molecular flexibility index (Phi) is 7.18. The van der Waals surface area contributed by atoms with Crippen LogP contribution in [-0.2, 0) is 4.79 Å². The van der Waals surface area contributed by atoms with Crippen LogP contribution in [0.1, 0.15) is 5.56 Å². The van der Waals surface area contributed by atoms with Gasteiger partial charge in [0, 0.05) is 11.1 Å². The van der Waals surface area contributed by atoms with Crippen molar-refractivity contribution in [3.63, 3.8) is 0 Å². The van der Waals surface area contributed by atoms with E-state index in [1.165, 1.54) is 6.21 Å². The Hall–Kier alpha value is -3.86. The molecule has 0 aliphatic heterocycles. The lowest BCUT2D eigenvalue weighted by Gasteiger charge is -2.11. The molecular formula is C24H22N2O3. The van der Waals surface area contributed by atoms with Crippen molar-refractivity contribution in [3.8, 4) is 22.6 Å². The van der Waals surface area contributed by atoms with E-state index in [-0.39, 0.29) is 12.5 Å². The summed E-state index contributed by atoms with van der Waals surface area (Å²) >= 11 is 0. The normalized spacial score (nSPS) is 10.5. The molecule has 1 N–H and O–H groups in total. The molecule has 3 rings (SSSR count). The zero-order chi connectivity index (χ0) is 20.3. The van der Waals surface area contributed by atoms with Gasteiger partial charge in [0.05, 0.1) is 6.21 Å². The third kappa shape index (κ3) is 5.81. The molecule has 0 heterocycles. The fraction of sp³-hybridized carbons (Fsp3) is 0.0833. The Bertz CT molecular complexity index is 984. The number of para-hydroxylation sites is 2. The largest absolute Gasteiger partial charge is 0.489 e. The smallest absolute Gasteiger partial charge is 0.277 e. The minimum atomic E-state index is -0.353. The second-order valence-electron chi connectivity index (χ2n) is 6.08. The van der Waals surface area contributed by atoms with Gasteiger partial charge in [0.2, 0.25) is 0 Å². The number of rotatable bonds is 9. The summed E-state index contributed by atoms with van der Waals surface area (Å²) in [5.41, 5.74) is 5.18. The van der Waals surface area contributed by atoms with Gasteiger partial charge in [-0.25, -0.2) is 5.43 Å². The average molecular weight is 386 g/mol. The van der Waals surface area contributed by atoms with E-state index in [1.54, 1.807) is 6.08 Å². The summed E-state index contributed by atoms with van der Waals surface area (Å²) in [5.74, 6) is 0.952. The highest BCUT2D eigenvalue weighted by molar-refractivity contribution is 5.85. The van der Waals surface area contributed by atoms with Crippen molar-refractivity contribution in [2.75, 3.05) is 13.2 Å². The van der Waals surface area contributed by atoms with Gasteiger partial charge in [-0.05, 0) is 23.8 Å². The fourth-order valence-corrected chi connectivity index (χ4v) is 2.67. The van der Waals surface area contributed by atoms with Gasteiger partial charge in [0.25, 0.3) is 5.91 Å². The van der Waals surface area contributed by atoms with Crippen molar-refractivity contribution >= 4 is 12.1 Å². The van der Waals surface area contributed by atoms with Gasteiger partial charge in [0.1, 0.15) is 18.1 Å². The quantitative estimate of drug-likeness (QED) is 0.336. The number of nitrogens with zero attached hydrogens (tertiary/aromatic N) is 1. The van der Waals surface area contributed by atoms with Crippen LogP contribution in [0, 0.1) is 0 Å². The van der Waals surface area contributed by atoms with Crippen LogP contribution in [0.5, 0.6) is 11.5 Å². The van der Waals surface area contributed by atoms with E-state index in [9.17, 15) is 4.79 Å². The molecule has 0 fully saturated rings. The molecule has 146 valence electrons. The van der Waals surface area contributed by atoms with Crippen molar-refractivity contribution in [1.29, 1.82) is 0 Å². The lowest BCUT2D eigenvalue weighted by atomic mass is 10.1. The van der Waals surface area contributed by atoms with Crippen molar-refractivity contribution in [2.24, 2.45) is 5.10 Å². The summed E-state index contributed by atoms with van der Waals surface area (Å²) in [6.07, 6.45) is 3.20. The number of amides is 1. The van der Waals surface area contributed by atoms with Crippen LogP contribution >= 0.6 is 0 Å². The van der Waals surface area contributed by atoms with E-state index in [0.717, 1.165) is 16.7 Å². The predicted molar refractivity (Wildman–Crippen MR) is 115 cm³/mol. The summed E-state index contributed by atoms with van der Waals surface area (Å²) in [4.78, 5) is 12.1. The third-order valence-electron chi connectivity index (χ3n) is 4.00. The summed E-state index contributed by atoms with van der Waals surface area (Å²) in [6, 6.07) is 24.9. The maximum Gasteiger partial charge on any atom is 0.277 e. The molecule has 0 spiro atoms. The number of ether oxygens (including phenoxy) is 2. The van der Waals surface area contributed by atoms with E-state index in [2.05, 4.69) is 17.1 Å². The van der Waals surface area contributed by atoms with Crippen LogP contribution in [0.2, 0.25) is 0 Å². The number of carbonyl (C=O) groups is 1. The van der Waals surface area contributed by atoms with Crippen LogP contribution in [0.3, 0.4) is 0 Å². The number of benzene rings is 3. The van der Waals surface area contributed by atoms with Crippen LogP contribution in [0.4, 0.5) is 0 Å². The van der Waals surface area contributed by atoms with Crippen LogP contribution in [0.15, 0.2) is 96.6 Å². The molecule has 0 aromatic heterocycles. The molecule has 5 heteroatoms. The van der Waals surface area contributed by atoms with E-state index in [1.807, 2.05) is 78.9 Å². The van der Waals surface area contributed by atoms with Gasteiger partial charge in [-0.15, -0.1) is 0 Å². The van der Waals surface area contributed by atoms with Gasteiger partial charge in [0.15, 0.2) is 6.61 Å². The van der Waals surface area contributed by atoms with Crippen molar-refractivity contribution in [3.05, 3.63) is 97.1 Å². The molecule has 0 bridgehead atoms. The topological polar surface area (TPSA) is 59.9 Å². The van der Waals surface area contributed by atoms with E-state index < -0.39 is 0 Å². The van der Waals surface area contributed by atoms with Crippen LogP contribution in [-0.4, -0.2) is 25.3 Å². The molecule has 1 amide bonds. The average Bonchev–Trinajstić information content (AvgIpc) is 2.78. The molecule has 29 heavy (non-hydrogen) atoms. The number of nitrogens with one attached hydrogen (secondary N) is 1. The number of hydrogen-bond acceptors (Lipinski definition) is 4. The standard InChI is InChI=1S/C24H22N2O3/c1-2-16-28-22-14-8-6-12-20(22)17-25-26-24(27)18-29-23-15-9-7-13-21(23)19-10-4-3-5-11-19/h2-15,17H,1,16,18H2,(H,26,27)/b25-17-. The third-order valence-corrected chi connectivity index (χ3v) is 4.00. The number of hydrazone groups is 1. The predicted octanol–water partition coefficient (Wildman–Crippen LogP) is 4.45. The van der Waals surface area contributed by atoms with Gasteiger partial charge in [-0.1, -0.05) is 73.3 Å². The summed E-state index contributed by atoms with van der Waals surface area (Å²) < 4.78 is 11.3. The first kappa shape index (κ1) is 19.9. The highest BCUT2D eigenvalue weighted by Gasteiger charge is 2.08. The Morgan fingerprint density at radius 3 is 2.38 bits per heavy atom. The van der Waals surface area contributed by atoms with Crippen molar-refractivity contribution in [2.45, 2.75) is 0 Å². The number of carbonyl (C=O) groups excluding carboxylic acids is 1. The fourth-order valence-electron chi connectivity index (χ4n) is 2.67. The number of hydrogen-bond donors (Lipinski definition) is 1. The lowest BCUT2D eigenvalue weighted by Crippen LogP contribution is -2.24. The first-order chi connectivity index (χ1) is 14.3. The SMILES string of the molecule is C=CCOc1ccccc1/C=N\NC(=O)COc1ccccc1-c1ccccc1. The first-order valence-corrected chi connectivity index (χ1v) is 9.20. The highest BCUT2D eigenvalue weighted by atomic mass is 16.5. The highest BCUT2D eigenvalue weighted by Crippen LogP contribution is 2.29. The maximum absolute atomic E-state index is 12.1. The monoisotopic (exact) mass is 386 g/mol. The molecule has 0 aliphatic carbocycles. The van der Waals surface area contributed by atoms with E-state index in [0.29, 0.717) is 18.1 Å². The second-order valence-corrected chi connectivity index (χ2v) is 6.08. The molecule has 0 aliphatic rings. The first-order valence-electron chi connectivity index (χ1n) is 9.20. The minimum Gasteiger partial charge on any atom is -0.489 e. The van der Waals surface area contributed by atoms with Crippen LogP contribution < -0.4 is 14.9 Å². The molecular weight excluding hydrogens is 364 g/mol. The van der Waals surface area contributed by atoms with E-state index >= 15 is 0 Å². The molecule has 5 nitrogen and oxygen atoms in total. The van der Waals surface area contributed by atoms with Gasteiger partial charge in [-0.2, -0.15) is 5.10 Å². The summed E-state index contributed by atoms with van der Waals surface area (Å²) in [5, 5.41) is 3.99. The zero-order valence-corrected chi connectivity index (χ0v) is 16.0. The molecule has 0 atom stereocenters. The van der Waals surface area contributed by atoms with E-state index in [4.69, 9.17) is 9.47 Å². The Morgan fingerprint density at radius 1 is 0.897 bits per heavy atom. The Balaban J connectivity index is 1.58. The second kappa shape index (κ2) is 10.5. The molecule has 3 aromatic carbocycles. The minimum absolute atomic E-state index is 0.143.